The zero-order valence-corrected chi connectivity index (χ0v) is 15.9. The summed E-state index contributed by atoms with van der Waals surface area (Å²) in [6.45, 7) is 10.8. The Labute approximate surface area is 155 Å². The lowest BCUT2D eigenvalue weighted by molar-refractivity contribution is 0.0498. The van der Waals surface area contributed by atoms with Gasteiger partial charge in [0.25, 0.3) is 0 Å². The van der Waals surface area contributed by atoms with Crippen LogP contribution in [0.4, 0.5) is 9.18 Å². The van der Waals surface area contributed by atoms with Gasteiger partial charge < -0.3 is 20.3 Å². The maximum atomic E-state index is 13.7. The summed E-state index contributed by atoms with van der Waals surface area (Å²) in [6, 6.07) is 6.18. The molecular formula is C20H30FN3O2. The van der Waals surface area contributed by atoms with Crippen molar-refractivity contribution in [1.82, 2.24) is 15.5 Å². The summed E-state index contributed by atoms with van der Waals surface area (Å²) >= 11 is 0. The molecule has 2 fully saturated rings. The van der Waals surface area contributed by atoms with Gasteiger partial charge in [-0.1, -0.05) is 12.1 Å². The van der Waals surface area contributed by atoms with Gasteiger partial charge >= 0.3 is 6.09 Å². The first-order valence-corrected chi connectivity index (χ1v) is 9.48. The van der Waals surface area contributed by atoms with Gasteiger partial charge in [-0.2, -0.15) is 0 Å². The quantitative estimate of drug-likeness (QED) is 0.845. The number of fused-ring (bicyclic) bond motifs is 1. The molecule has 2 N–H and O–H groups in total. The molecule has 2 aliphatic heterocycles. The lowest BCUT2D eigenvalue weighted by Gasteiger charge is -2.26. The Morgan fingerprint density at radius 1 is 1.35 bits per heavy atom. The molecule has 1 aromatic rings. The molecule has 2 heterocycles. The maximum absolute atomic E-state index is 13.7. The molecule has 0 spiro atoms. The fourth-order valence-corrected chi connectivity index (χ4v) is 3.94. The molecule has 2 saturated heterocycles. The molecule has 0 aliphatic carbocycles. The molecule has 3 atom stereocenters. The van der Waals surface area contributed by atoms with Crippen molar-refractivity contribution in [3.8, 4) is 0 Å². The number of benzene rings is 1. The van der Waals surface area contributed by atoms with Crippen LogP contribution in [0.2, 0.25) is 0 Å². The molecule has 26 heavy (non-hydrogen) atoms. The van der Waals surface area contributed by atoms with E-state index in [0.717, 1.165) is 56.5 Å². The number of alkyl carbamates (subject to hydrolysis) is 1. The molecule has 0 bridgehead atoms. The predicted molar refractivity (Wildman–Crippen MR) is 99.4 cm³/mol. The molecule has 0 aromatic heterocycles. The monoisotopic (exact) mass is 363 g/mol. The van der Waals surface area contributed by atoms with E-state index >= 15 is 0 Å². The predicted octanol–water partition coefficient (Wildman–Crippen LogP) is 2.93. The summed E-state index contributed by atoms with van der Waals surface area (Å²) in [7, 11) is 0. The lowest BCUT2D eigenvalue weighted by atomic mass is 10.0. The van der Waals surface area contributed by atoms with Gasteiger partial charge in [-0.15, -0.1) is 0 Å². The van der Waals surface area contributed by atoms with Crippen LogP contribution in [0.25, 0.3) is 0 Å². The SMILES string of the molecule is CC(C)(C)OC(=O)NC(CCN1CC2CNC[C@H]2C1)c1cccc(F)c1. The number of amides is 1. The van der Waals surface area contributed by atoms with Crippen LogP contribution in [0.3, 0.4) is 0 Å². The minimum absolute atomic E-state index is 0.265. The van der Waals surface area contributed by atoms with Crippen molar-refractivity contribution < 1.29 is 13.9 Å². The average Bonchev–Trinajstić information content (AvgIpc) is 3.10. The minimum atomic E-state index is -0.560. The van der Waals surface area contributed by atoms with Crippen molar-refractivity contribution in [2.24, 2.45) is 11.8 Å². The van der Waals surface area contributed by atoms with Gasteiger partial charge in [0.2, 0.25) is 0 Å². The first kappa shape index (κ1) is 19.1. The molecule has 5 nitrogen and oxygen atoms in total. The number of carbonyl (C=O) groups excluding carboxylic acids is 1. The third kappa shape index (κ3) is 5.17. The summed E-state index contributed by atoms with van der Waals surface area (Å²) in [4.78, 5) is 14.7. The highest BCUT2D eigenvalue weighted by Gasteiger charge is 2.36. The summed E-state index contributed by atoms with van der Waals surface area (Å²) in [5.41, 5.74) is 0.215. The molecule has 2 aliphatic rings. The third-order valence-electron chi connectivity index (χ3n) is 5.14. The van der Waals surface area contributed by atoms with Gasteiger partial charge in [0.1, 0.15) is 11.4 Å². The highest BCUT2D eigenvalue weighted by molar-refractivity contribution is 5.68. The fourth-order valence-electron chi connectivity index (χ4n) is 3.94. The molecule has 1 amide bonds. The second-order valence-electron chi connectivity index (χ2n) is 8.48. The van der Waals surface area contributed by atoms with Crippen molar-refractivity contribution in [2.45, 2.75) is 38.8 Å². The molecule has 2 unspecified atom stereocenters. The number of ether oxygens (including phenoxy) is 1. The Bertz CT molecular complexity index is 620. The molecule has 0 radical (unpaired) electrons. The second kappa shape index (κ2) is 7.92. The normalized spacial score (nSPS) is 24.3. The average molecular weight is 363 g/mol. The number of hydrogen-bond acceptors (Lipinski definition) is 4. The van der Waals surface area contributed by atoms with E-state index in [-0.39, 0.29) is 11.9 Å². The van der Waals surface area contributed by atoms with E-state index in [0.29, 0.717) is 0 Å². The van der Waals surface area contributed by atoms with Gasteiger partial charge in [0, 0.05) is 19.6 Å². The number of halogens is 1. The number of hydrogen-bond donors (Lipinski definition) is 2. The lowest BCUT2D eigenvalue weighted by Crippen LogP contribution is -2.37. The van der Waals surface area contributed by atoms with E-state index in [1.807, 2.05) is 26.8 Å². The fraction of sp³-hybridized carbons (Fsp3) is 0.650. The van der Waals surface area contributed by atoms with Gasteiger partial charge in [0.15, 0.2) is 0 Å². The summed E-state index contributed by atoms with van der Waals surface area (Å²) in [5.74, 6) is 1.18. The van der Waals surface area contributed by atoms with E-state index in [2.05, 4.69) is 15.5 Å². The summed E-state index contributed by atoms with van der Waals surface area (Å²) in [6.07, 6.45) is 0.268. The van der Waals surface area contributed by atoms with Gasteiger partial charge in [-0.25, -0.2) is 9.18 Å². The van der Waals surface area contributed by atoms with Crippen molar-refractivity contribution in [1.29, 1.82) is 0 Å². The highest BCUT2D eigenvalue weighted by Crippen LogP contribution is 2.27. The number of rotatable bonds is 5. The summed E-state index contributed by atoms with van der Waals surface area (Å²) < 4.78 is 19.1. The van der Waals surface area contributed by atoms with Crippen LogP contribution >= 0.6 is 0 Å². The van der Waals surface area contributed by atoms with Crippen LogP contribution in [-0.2, 0) is 4.74 Å². The molecule has 1 aromatic carbocycles. The smallest absolute Gasteiger partial charge is 0.408 e. The zero-order valence-electron chi connectivity index (χ0n) is 15.9. The van der Waals surface area contributed by atoms with Gasteiger partial charge in [0.05, 0.1) is 6.04 Å². The maximum Gasteiger partial charge on any atom is 0.408 e. The van der Waals surface area contributed by atoms with E-state index in [1.54, 1.807) is 6.07 Å². The van der Waals surface area contributed by atoms with Crippen molar-refractivity contribution in [2.75, 3.05) is 32.7 Å². The van der Waals surface area contributed by atoms with Crippen molar-refractivity contribution in [3.05, 3.63) is 35.6 Å². The number of nitrogens with zero attached hydrogens (tertiary/aromatic N) is 1. The van der Waals surface area contributed by atoms with Crippen LogP contribution in [0.1, 0.15) is 38.8 Å². The van der Waals surface area contributed by atoms with Gasteiger partial charge in [-0.3, -0.25) is 0 Å². The van der Waals surface area contributed by atoms with Crippen LogP contribution in [0.15, 0.2) is 24.3 Å². The minimum Gasteiger partial charge on any atom is -0.444 e. The second-order valence-corrected chi connectivity index (χ2v) is 8.48. The number of nitrogens with one attached hydrogen (secondary N) is 2. The zero-order chi connectivity index (χ0) is 18.7. The standard InChI is InChI=1S/C20H30FN3O2/c1-20(2,3)26-19(25)23-18(14-5-4-6-17(21)9-14)7-8-24-12-15-10-22-11-16(15)13-24/h4-6,9,15-16,18,22H,7-8,10-13H2,1-3H3,(H,23,25)/t15-,16?,18?/m0/s1. The topological polar surface area (TPSA) is 53.6 Å². The molecule has 0 saturated carbocycles. The van der Waals surface area contributed by atoms with E-state index in [4.69, 9.17) is 4.74 Å². The Balaban J connectivity index is 1.62. The van der Waals surface area contributed by atoms with Crippen LogP contribution in [0, 0.1) is 17.7 Å². The third-order valence-corrected chi connectivity index (χ3v) is 5.14. The first-order valence-electron chi connectivity index (χ1n) is 9.48. The highest BCUT2D eigenvalue weighted by atomic mass is 19.1. The van der Waals surface area contributed by atoms with Gasteiger partial charge in [-0.05, 0) is 69.8 Å². The molecule has 6 heteroatoms. The van der Waals surface area contributed by atoms with Crippen LogP contribution in [0.5, 0.6) is 0 Å². The van der Waals surface area contributed by atoms with E-state index < -0.39 is 11.7 Å². The number of carbonyl (C=O) groups is 1. The van der Waals surface area contributed by atoms with Crippen molar-refractivity contribution in [3.63, 3.8) is 0 Å². The largest absolute Gasteiger partial charge is 0.444 e. The molecule has 144 valence electrons. The van der Waals surface area contributed by atoms with E-state index in [1.165, 1.54) is 12.1 Å². The molecular weight excluding hydrogens is 333 g/mol. The summed E-state index contributed by atoms with van der Waals surface area (Å²) in [5, 5.41) is 6.37. The van der Waals surface area contributed by atoms with Crippen molar-refractivity contribution >= 4 is 6.09 Å². The Morgan fingerprint density at radius 3 is 2.65 bits per heavy atom. The number of likely N-dealkylation sites (tertiary alicyclic amines) is 1. The Hall–Kier alpha value is -1.66. The Kier molecular flexibility index (Phi) is 5.82. The Morgan fingerprint density at radius 2 is 2.04 bits per heavy atom. The molecule has 3 rings (SSSR count). The first-order chi connectivity index (χ1) is 12.3. The van der Waals surface area contributed by atoms with Crippen LogP contribution < -0.4 is 10.6 Å². The van der Waals surface area contributed by atoms with Crippen LogP contribution in [-0.4, -0.2) is 49.3 Å². The van der Waals surface area contributed by atoms with E-state index in [9.17, 15) is 9.18 Å².